The summed E-state index contributed by atoms with van der Waals surface area (Å²) in [6.45, 7) is 3.77. The van der Waals surface area contributed by atoms with Crippen molar-refractivity contribution < 1.29 is 19.1 Å². The second-order valence-electron chi connectivity index (χ2n) is 3.12. The molecule has 1 heterocycles. The van der Waals surface area contributed by atoms with Gasteiger partial charge in [0.15, 0.2) is 0 Å². The van der Waals surface area contributed by atoms with E-state index in [0.29, 0.717) is 5.69 Å². The van der Waals surface area contributed by atoms with Crippen molar-refractivity contribution >= 4 is 18.0 Å². The van der Waals surface area contributed by atoms with Crippen LogP contribution < -0.4 is 0 Å². The number of hydrogen-bond acceptors (Lipinski definition) is 4. The number of aromatic nitrogens is 1. The molecular weight excluding hydrogens is 222 g/mol. The molecule has 17 heavy (non-hydrogen) atoms. The Hall–Kier alpha value is -2.04. The predicted octanol–water partition coefficient (Wildman–Crippen LogP) is 1.52. The lowest BCUT2D eigenvalue weighted by molar-refractivity contribution is -0.146. The van der Waals surface area contributed by atoms with Gasteiger partial charge in [0, 0.05) is 11.9 Å². The summed E-state index contributed by atoms with van der Waals surface area (Å²) in [5.41, 5.74) is 0.525. The molecule has 0 aliphatic rings. The Kier molecular flexibility index (Phi) is 5.00. The SMILES string of the molecule is CCOC(=O)C(=Cc1ccc[nH]1)C(=O)OCC. The fraction of sp³-hybridized carbons (Fsp3) is 0.333. The molecule has 0 amide bonds. The van der Waals surface area contributed by atoms with Crippen LogP contribution in [0.5, 0.6) is 0 Å². The van der Waals surface area contributed by atoms with Crippen molar-refractivity contribution in [2.45, 2.75) is 13.8 Å². The Balaban J connectivity index is 2.93. The highest BCUT2D eigenvalue weighted by Crippen LogP contribution is 2.08. The maximum absolute atomic E-state index is 11.6. The van der Waals surface area contributed by atoms with Crippen molar-refractivity contribution in [3.8, 4) is 0 Å². The predicted molar refractivity (Wildman–Crippen MR) is 62.0 cm³/mol. The van der Waals surface area contributed by atoms with E-state index in [1.54, 1.807) is 32.2 Å². The van der Waals surface area contributed by atoms with E-state index in [0.717, 1.165) is 0 Å². The van der Waals surface area contributed by atoms with Gasteiger partial charge >= 0.3 is 11.9 Å². The Morgan fingerprint density at radius 3 is 2.24 bits per heavy atom. The third-order valence-corrected chi connectivity index (χ3v) is 1.91. The van der Waals surface area contributed by atoms with Gasteiger partial charge in [0.25, 0.3) is 0 Å². The van der Waals surface area contributed by atoms with Crippen LogP contribution in [0.25, 0.3) is 6.08 Å². The number of esters is 2. The lowest BCUT2D eigenvalue weighted by atomic mass is 10.2. The van der Waals surface area contributed by atoms with Crippen molar-refractivity contribution in [3.05, 3.63) is 29.6 Å². The number of nitrogens with one attached hydrogen (secondary N) is 1. The zero-order valence-electron chi connectivity index (χ0n) is 9.86. The molecule has 5 heteroatoms. The third kappa shape index (κ3) is 3.79. The minimum absolute atomic E-state index is 0.115. The summed E-state index contributed by atoms with van der Waals surface area (Å²) >= 11 is 0. The first-order valence-corrected chi connectivity index (χ1v) is 5.38. The highest BCUT2D eigenvalue weighted by molar-refractivity contribution is 6.17. The Labute approximate surface area is 99.4 Å². The molecule has 0 bridgehead atoms. The summed E-state index contributed by atoms with van der Waals surface area (Å²) in [6, 6.07) is 3.50. The molecule has 5 nitrogen and oxygen atoms in total. The molecule has 1 aromatic rings. The summed E-state index contributed by atoms with van der Waals surface area (Å²) in [7, 11) is 0. The van der Waals surface area contributed by atoms with Crippen molar-refractivity contribution in [1.29, 1.82) is 0 Å². The molecule has 92 valence electrons. The van der Waals surface area contributed by atoms with Crippen LogP contribution in [0.2, 0.25) is 0 Å². The highest BCUT2D eigenvalue weighted by Gasteiger charge is 2.20. The Morgan fingerprint density at radius 2 is 1.82 bits per heavy atom. The van der Waals surface area contributed by atoms with Crippen LogP contribution in [-0.2, 0) is 19.1 Å². The van der Waals surface area contributed by atoms with Crippen molar-refractivity contribution in [1.82, 2.24) is 4.98 Å². The fourth-order valence-corrected chi connectivity index (χ4v) is 1.21. The van der Waals surface area contributed by atoms with Gasteiger partial charge in [-0.25, -0.2) is 9.59 Å². The number of H-pyrrole nitrogens is 1. The molecule has 0 aliphatic carbocycles. The van der Waals surface area contributed by atoms with E-state index in [9.17, 15) is 9.59 Å². The van der Waals surface area contributed by atoms with Gasteiger partial charge in [-0.2, -0.15) is 0 Å². The highest BCUT2D eigenvalue weighted by atomic mass is 16.6. The molecule has 0 aromatic carbocycles. The second-order valence-corrected chi connectivity index (χ2v) is 3.12. The minimum Gasteiger partial charge on any atom is -0.462 e. The number of hydrogen-bond donors (Lipinski definition) is 1. The number of rotatable bonds is 5. The molecule has 1 aromatic heterocycles. The third-order valence-electron chi connectivity index (χ3n) is 1.91. The van der Waals surface area contributed by atoms with Crippen LogP contribution in [0, 0.1) is 0 Å². The molecule has 0 radical (unpaired) electrons. The zero-order chi connectivity index (χ0) is 12.7. The van der Waals surface area contributed by atoms with E-state index >= 15 is 0 Å². The van der Waals surface area contributed by atoms with E-state index in [4.69, 9.17) is 9.47 Å². The molecule has 0 saturated heterocycles. The molecule has 1 rings (SSSR count). The summed E-state index contributed by atoms with van der Waals surface area (Å²) < 4.78 is 9.60. The first kappa shape index (κ1) is 13.0. The number of ether oxygens (including phenoxy) is 2. The van der Waals surface area contributed by atoms with E-state index in [1.165, 1.54) is 6.08 Å². The number of carbonyl (C=O) groups is 2. The smallest absolute Gasteiger partial charge is 0.345 e. The van der Waals surface area contributed by atoms with E-state index in [-0.39, 0.29) is 18.8 Å². The topological polar surface area (TPSA) is 68.4 Å². The van der Waals surface area contributed by atoms with Crippen molar-refractivity contribution in [3.63, 3.8) is 0 Å². The molecule has 0 saturated carbocycles. The Bertz CT molecular complexity index is 386. The van der Waals surface area contributed by atoms with Gasteiger partial charge in [-0.1, -0.05) is 0 Å². The maximum Gasteiger partial charge on any atom is 0.345 e. The quantitative estimate of drug-likeness (QED) is 0.365. The maximum atomic E-state index is 11.6. The molecule has 0 fully saturated rings. The van der Waals surface area contributed by atoms with Crippen LogP contribution in [0.1, 0.15) is 19.5 Å². The second kappa shape index (κ2) is 6.52. The molecule has 0 unspecified atom stereocenters. The van der Waals surface area contributed by atoms with Crippen LogP contribution >= 0.6 is 0 Å². The molecule has 0 atom stereocenters. The molecular formula is C12H15NO4. The van der Waals surface area contributed by atoms with E-state index in [2.05, 4.69) is 4.98 Å². The van der Waals surface area contributed by atoms with E-state index in [1.807, 2.05) is 0 Å². The average Bonchev–Trinajstić information content (AvgIpc) is 2.79. The van der Waals surface area contributed by atoms with Gasteiger partial charge < -0.3 is 14.5 Å². The number of carbonyl (C=O) groups excluding carboxylic acids is 2. The number of aromatic amines is 1. The van der Waals surface area contributed by atoms with E-state index < -0.39 is 11.9 Å². The normalized spacial score (nSPS) is 9.53. The molecule has 0 spiro atoms. The lowest BCUT2D eigenvalue weighted by Gasteiger charge is -2.05. The van der Waals surface area contributed by atoms with Gasteiger partial charge in [0.1, 0.15) is 5.57 Å². The monoisotopic (exact) mass is 237 g/mol. The average molecular weight is 237 g/mol. The zero-order valence-corrected chi connectivity index (χ0v) is 9.86. The van der Waals surface area contributed by atoms with Crippen molar-refractivity contribution in [2.75, 3.05) is 13.2 Å². The summed E-state index contributed by atoms with van der Waals surface area (Å²) in [6.07, 6.45) is 3.11. The summed E-state index contributed by atoms with van der Waals surface area (Å²) in [5.74, 6) is -1.36. The van der Waals surface area contributed by atoms with Gasteiger partial charge in [-0.05, 0) is 32.1 Å². The largest absolute Gasteiger partial charge is 0.462 e. The molecule has 0 aliphatic heterocycles. The van der Waals surface area contributed by atoms with Crippen LogP contribution in [-0.4, -0.2) is 30.1 Å². The van der Waals surface area contributed by atoms with Gasteiger partial charge in [0.05, 0.1) is 13.2 Å². The lowest BCUT2D eigenvalue weighted by Crippen LogP contribution is -2.18. The summed E-state index contributed by atoms with van der Waals surface area (Å²) in [4.78, 5) is 26.0. The van der Waals surface area contributed by atoms with Crippen molar-refractivity contribution in [2.24, 2.45) is 0 Å². The fourth-order valence-electron chi connectivity index (χ4n) is 1.21. The van der Waals surface area contributed by atoms with Crippen LogP contribution in [0.15, 0.2) is 23.9 Å². The van der Waals surface area contributed by atoms with Crippen LogP contribution in [0.4, 0.5) is 0 Å². The minimum atomic E-state index is -0.680. The Morgan fingerprint density at radius 1 is 1.24 bits per heavy atom. The van der Waals surface area contributed by atoms with Crippen LogP contribution in [0.3, 0.4) is 0 Å². The standard InChI is InChI=1S/C12H15NO4/c1-3-16-11(14)10(12(15)17-4-2)8-9-6-5-7-13-9/h5-8,13H,3-4H2,1-2H3. The van der Waals surface area contributed by atoms with Gasteiger partial charge in [-0.15, -0.1) is 0 Å². The van der Waals surface area contributed by atoms with Gasteiger partial charge in [0.2, 0.25) is 0 Å². The van der Waals surface area contributed by atoms with Gasteiger partial charge in [-0.3, -0.25) is 0 Å². The first-order valence-electron chi connectivity index (χ1n) is 5.38. The summed E-state index contributed by atoms with van der Waals surface area (Å²) in [5, 5.41) is 0. The first-order chi connectivity index (χ1) is 8.19. The molecule has 1 N–H and O–H groups in total.